The molecular formula is C18H12F4N2O4. The third kappa shape index (κ3) is 3.32. The number of hydrogen-bond acceptors (Lipinski definition) is 4. The van der Waals surface area contributed by atoms with Crippen molar-refractivity contribution in [3.05, 3.63) is 48.0 Å². The van der Waals surface area contributed by atoms with E-state index in [1.165, 1.54) is 12.1 Å². The smallest absolute Gasteiger partial charge is 0.395 e. The molecule has 2 aromatic rings. The first kappa shape index (κ1) is 18.1. The van der Waals surface area contributed by atoms with Crippen LogP contribution in [-0.2, 0) is 9.59 Å². The van der Waals surface area contributed by atoms with Crippen LogP contribution >= 0.6 is 0 Å². The normalized spacial score (nSPS) is 19.8. The Morgan fingerprint density at radius 1 is 1.07 bits per heavy atom. The molecule has 0 aromatic heterocycles. The van der Waals surface area contributed by atoms with Crippen LogP contribution in [0.4, 0.5) is 28.9 Å². The first-order valence-corrected chi connectivity index (χ1v) is 8.20. The maximum Gasteiger partial charge on any atom is 0.586 e. The summed E-state index contributed by atoms with van der Waals surface area (Å²) >= 11 is 0. The summed E-state index contributed by atoms with van der Waals surface area (Å²) in [6.07, 6.45) is -3.65. The largest absolute Gasteiger partial charge is 0.586 e. The number of anilines is 2. The fourth-order valence-corrected chi connectivity index (χ4v) is 3.13. The summed E-state index contributed by atoms with van der Waals surface area (Å²) < 4.78 is 61.4. The summed E-state index contributed by atoms with van der Waals surface area (Å²) in [6.45, 7) is 0.104. The minimum atomic E-state index is -3.78. The number of carbonyl (C=O) groups excluding carboxylic acids is 2. The molecule has 1 atom stereocenters. The van der Waals surface area contributed by atoms with Crippen molar-refractivity contribution in [3.63, 3.8) is 0 Å². The number of hydrogen-bond donors (Lipinski definition) is 1. The van der Waals surface area contributed by atoms with Gasteiger partial charge < -0.3 is 19.7 Å². The number of fused-ring (bicyclic) bond motifs is 1. The van der Waals surface area contributed by atoms with Crippen molar-refractivity contribution < 1.29 is 36.6 Å². The Balaban J connectivity index is 1.47. The van der Waals surface area contributed by atoms with Crippen LogP contribution in [0.1, 0.15) is 6.42 Å². The molecule has 1 fully saturated rings. The lowest BCUT2D eigenvalue weighted by molar-refractivity contribution is -0.286. The number of rotatable bonds is 3. The van der Waals surface area contributed by atoms with Crippen LogP contribution in [0.2, 0.25) is 0 Å². The zero-order valence-electron chi connectivity index (χ0n) is 14.0. The molecule has 0 saturated carbocycles. The van der Waals surface area contributed by atoms with Gasteiger partial charge in [-0.15, -0.1) is 8.78 Å². The van der Waals surface area contributed by atoms with E-state index in [-0.39, 0.29) is 35.8 Å². The maximum absolute atomic E-state index is 13.4. The van der Waals surface area contributed by atoms with Crippen LogP contribution in [0.25, 0.3) is 0 Å². The number of nitrogens with one attached hydrogen (secondary N) is 1. The quantitative estimate of drug-likeness (QED) is 0.639. The van der Waals surface area contributed by atoms with Gasteiger partial charge in [0.05, 0.1) is 0 Å². The van der Waals surface area contributed by atoms with Crippen LogP contribution < -0.4 is 19.7 Å². The van der Waals surface area contributed by atoms with Gasteiger partial charge in [-0.05, 0) is 30.7 Å². The summed E-state index contributed by atoms with van der Waals surface area (Å²) in [5, 5.41) is 2.45. The third-order valence-corrected chi connectivity index (χ3v) is 4.35. The third-order valence-electron chi connectivity index (χ3n) is 4.35. The van der Waals surface area contributed by atoms with Crippen molar-refractivity contribution in [3.8, 4) is 11.5 Å². The molecule has 28 heavy (non-hydrogen) atoms. The molecule has 4 rings (SSSR count). The molecule has 1 saturated heterocycles. The predicted molar refractivity (Wildman–Crippen MR) is 88.1 cm³/mol. The second-order valence-electron chi connectivity index (χ2n) is 6.28. The zero-order valence-corrected chi connectivity index (χ0v) is 14.0. The summed E-state index contributed by atoms with van der Waals surface area (Å²) in [7, 11) is 0. The topological polar surface area (TPSA) is 67.9 Å². The van der Waals surface area contributed by atoms with Gasteiger partial charge in [-0.25, -0.2) is 8.78 Å². The van der Waals surface area contributed by atoms with Gasteiger partial charge in [0.1, 0.15) is 17.6 Å². The van der Waals surface area contributed by atoms with Crippen LogP contribution in [0.3, 0.4) is 0 Å². The van der Waals surface area contributed by atoms with Crippen molar-refractivity contribution in [1.29, 1.82) is 0 Å². The number of halogens is 4. The molecule has 2 aliphatic rings. The van der Waals surface area contributed by atoms with E-state index in [0.717, 1.165) is 23.1 Å². The molecule has 146 valence electrons. The molecule has 1 N–H and O–H groups in total. The molecule has 6 nitrogen and oxygen atoms in total. The fourth-order valence-electron chi connectivity index (χ4n) is 3.13. The highest BCUT2D eigenvalue weighted by molar-refractivity contribution is 6.13. The lowest BCUT2D eigenvalue weighted by Crippen LogP contribution is -2.33. The van der Waals surface area contributed by atoms with Crippen LogP contribution in [-0.4, -0.2) is 24.7 Å². The van der Waals surface area contributed by atoms with E-state index < -0.39 is 35.7 Å². The van der Waals surface area contributed by atoms with E-state index in [1.54, 1.807) is 0 Å². The number of benzene rings is 2. The molecule has 2 aliphatic heterocycles. The second kappa shape index (κ2) is 6.39. The standard InChI is InChI=1S/C18H12F4N2O4/c19-9-5-10(20)7-12(6-9)24-4-3-13(17(24)26)16(25)23-11-1-2-14-15(8-11)28-18(21,22)27-14/h1-2,5-8,13H,3-4H2,(H,23,25)/t13-/m1/s1. The minimum Gasteiger partial charge on any atom is -0.395 e. The second-order valence-corrected chi connectivity index (χ2v) is 6.28. The van der Waals surface area contributed by atoms with Gasteiger partial charge in [0.2, 0.25) is 11.8 Å². The van der Waals surface area contributed by atoms with E-state index >= 15 is 0 Å². The van der Waals surface area contributed by atoms with Gasteiger partial charge in [0.25, 0.3) is 0 Å². The summed E-state index contributed by atoms with van der Waals surface area (Å²) in [4.78, 5) is 26.1. The summed E-state index contributed by atoms with van der Waals surface area (Å²) in [5.41, 5.74) is 0.149. The van der Waals surface area contributed by atoms with Gasteiger partial charge in [-0.2, -0.15) is 0 Å². The first-order valence-electron chi connectivity index (χ1n) is 8.20. The minimum absolute atomic E-state index is 0.0168. The van der Waals surface area contributed by atoms with Crippen molar-refractivity contribution in [2.45, 2.75) is 12.7 Å². The molecule has 2 aromatic carbocycles. The van der Waals surface area contributed by atoms with Gasteiger partial charge in [0, 0.05) is 30.1 Å². The van der Waals surface area contributed by atoms with E-state index in [0.29, 0.717) is 6.07 Å². The molecule has 0 aliphatic carbocycles. The van der Waals surface area contributed by atoms with E-state index in [1.807, 2.05) is 0 Å². The summed E-state index contributed by atoms with van der Waals surface area (Å²) in [5.74, 6) is -4.49. The Morgan fingerprint density at radius 3 is 2.46 bits per heavy atom. The maximum atomic E-state index is 13.4. The molecule has 0 unspecified atom stereocenters. The highest BCUT2D eigenvalue weighted by atomic mass is 19.3. The van der Waals surface area contributed by atoms with Crippen LogP contribution in [0.5, 0.6) is 11.5 Å². The summed E-state index contributed by atoms with van der Waals surface area (Å²) in [6, 6.07) is 6.34. The van der Waals surface area contributed by atoms with Crippen LogP contribution in [0.15, 0.2) is 36.4 Å². The Kier molecular flexibility index (Phi) is 4.13. The average molecular weight is 396 g/mol. The van der Waals surface area contributed by atoms with E-state index in [4.69, 9.17) is 0 Å². The highest BCUT2D eigenvalue weighted by Crippen LogP contribution is 2.42. The Bertz CT molecular complexity index is 962. The lowest BCUT2D eigenvalue weighted by atomic mass is 10.1. The first-order chi connectivity index (χ1) is 13.2. The van der Waals surface area contributed by atoms with Gasteiger partial charge in [-0.1, -0.05) is 0 Å². The number of carbonyl (C=O) groups is 2. The molecule has 0 spiro atoms. The predicted octanol–water partition coefficient (Wildman–Crippen LogP) is 3.28. The molecular weight excluding hydrogens is 384 g/mol. The molecule has 0 radical (unpaired) electrons. The monoisotopic (exact) mass is 396 g/mol. The van der Waals surface area contributed by atoms with Crippen molar-refractivity contribution in [2.75, 3.05) is 16.8 Å². The Hall–Kier alpha value is -3.30. The molecule has 0 bridgehead atoms. The number of alkyl halides is 2. The fraction of sp³-hybridized carbons (Fsp3) is 0.222. The highest BCUT2D eigenvalue weighted by Gasteiger charge is 2.43. The van der Waals surface area contributed by atoms with Crippen molar-refractivity contribution in [1.82, 2.24) is 0 Å². The SMILES string of the molecule is O=C(Nc1ccc2c(c1)OC(F)(F)O2)[C@H]1CCN(c2cc(F)cc(F)c2)C1=O. The Labute approximate surface area is 155 Å². The zero-order chi connectivity index (χ0) is 20.1. The average Bonchev–Trinajstić information content (AvgIpc) is 3.11. The number of nitrogens with zero attached hydrogens (tertiary/aromatic N) is 1. The Morgan fingerprint density at radius 2 is 1.75 bits per heavy atom. The van der Waals surface area contributed by atoms with Gasteiger partial charge in [0.15, 0.2) is 11.5 Å². The van der Waals surface area contributed by atoms with Crippen molar-refractivity contribution in [2.24, 2.45) is 5.92 Å². The van der Waals surface area contributed by atoms with Gasteiger partial charge >= 0.3 is 6.29 Å². The van der Waals surface area contributed by atoms with Gasteiger partial charge in [-0.3, -0.25) is 9.59 Å². The molecule has 2 amide bonds. The lowest BCUT2D eigenvalue weighted by Gasteiger charge is -2.17. The van der Waals surface area contributed by atoms with Crippen molar-refractivity contribution >= 4 is 23.2 Å². The number of amides is 2. The van der Waals surface area contributed by atoms with E-state index in [9.17, 15) is 27.2 Å². The molecule has 2 heterocycles. The number of ether oxygens (including phenoxy) is 2. The van der Waals surface area contributed by atoms with Crippen LogP contribution in [0, 0.1) is 17.6 Å². The molecule has 10 heteroatoms. The van der Waals surface area contributed by atoms with E-state index in [2.05, 4.69) is 14.8 Å².